The Bertz CT molecular complexity index is 1260. The first-order valence-corrected chi connectivity index (χ1v) is 11.6. The van der Waals surface area contributed by atoms with Crippen LogP contribution >= 0.6 is 0 Å². The lowest BCUT2D eigenvalue weighted by Crippen LogP contribution is -2.16. The zero-order chi connectivity index (χ0) is 21.2. The quantitative estimate of drug-likeness (QED) is 0.618. The van der Waals surface area contributed by atoms with Crippen LogP contribution < -0.4 is 9.44 Å². The second kappa shape index (κ2) is 7.80. The molecule has 0 saturated heterocycles. The van der Waals surface area contributed by atoms with Crippen molar-refractivity contribution >= 4 is 31.7 Å². The molecule has 0 bridgehead atoms. The van der Waals surface area contributed by atoms with Crippen molar-refractivity contribution in [2.75, 3.05) is 9.44 Å². The minimum Gasteiger partial charge on any atom is -0.280 e. The summed E-state index contributed by atoms with van der Waals surface area (Å²) in [6, 6.07) is 11.9. The minimum absolute atomic E-state index is 0.0375. The number of nitrogens with one attached hydrogen (secondary N) is 2. The summed E-state index contributed by atoms with van der Waals surface area (Å²) in [5.41, 5.74) is 2.71. The lowest BCUT2D eigenvalue weighted by molar-refractivity contribution is 0.599. The summed E-state index contributed by atoms with van der Waals surface area (Å²) in [7, 11) is -7.69. The average Bonchev–Trinajstić information content (AvgIpc) is 2.63. The number of rotatable bonds is 6. The van der Waals surface area contributed by atoms with Crippen LogP contribution in [0.5, 0.6) is 0 Å². The van der Waals surface area contributed by atoms with E-state index in [1.807, 2.05) is 13.8 Å². The van der Waals surface area contributed by atoms with Crippen molar-refractivity contribution in [1.29, 1.82) is 0 Å². The molecule has 152 valence electrons. The van der Waals surface area contributed by atoms with E-state index in [2.05, 4.69) is 19.4 Å². The van der Waals surface area contributed by atoms with E-state index in [-0.39, 0.29) is 21.4 Å². The number of hydrogen-bond acceptors (Lipinski definition) is 6. The number of hydrogen-bond donors (Lipinski definition) is 2. The molecule has 8 nitrogen and oxygen atoms in total. The van der Waals surface area contributed by atoms with Crippen LogP contribution in [0.2, 0.25) is 0 Å². The molecule has 1 heterocycles. The standard InChI is InChI=1S/C19H20N4O4S2/c1-13-4-7-18(12-14(13)2)29(26,27)22-16-5-8-17(9-6-16)28(24,25)23-19-20-11-10-15(3)21-19/h4-12,22H,1-3H3,(H,20,21,23). The van der Waals surface area contributed by atoms with E-state index in [0.717, 1.165) is 11.1 Å². The van der Waals surface area contributed by atoms with Crippen molar-refractivity contribution in [3.63, 3.8) is 0 Å². The van der Waals surface area contributed by atoms with Gasteiger partial charge in [-0.2, -0.15) is 0 Å². The number of anilines is 2. The molecule has 0 spiro atoms. The van der Waals surface area contributed by atoms with Crippen molar-refractivity contribution < 1.29 is 16.8 Å². The fourth-order valence-electron chi connectivity index (χ4n) is 2.47. The van der Waals surface area contributed by atoms with Gasteiger partial charge in [0.1, 0.15) is 0 Å². The van der Waals surface area contributed by atoms with Crippen molar-refractivity contribution in [3.8, 4) is 0 Å². The summed E-state index contributed by atoms with van der Waals surface area (Å²) in [6.07, 6.45) is 1.45. The smallest absolute Gasteiger partial charge is 0.264 e. The largest absolute Gasteiger partial charge is 0.280 e. The molecule has 10 heteroatoms. The minimum atomic E-state index is -3.91. The molecule has 0 aliphatic rings. The Hall–Kier alpha value is -2.98. The molecule has 29 heavy (non-hydrogen) atoms. The van der Waals surface area contributed by atoms with Crippen LogP contribution in [-0.2, 0) is 20.0 Å². The Morgan fingerprint density at radius 1 is 0.724 bits per heavy atom. The monoisotopic (exact) mass is 432 g/mol. The summed E-state index contributed by atoms with van der Waals surface area (Å²) in [5, 5.41) is 0. The van der Waals surface area contributed by atoms with Gasteiger partial charge >= 0.3 is 0 Å². The average molecular weight is 433 g/mol. The van der Waals surface area contributed by atoms with Gasteiger partial charge in [0, 0.05) is 17.6 Å². The molecule has 2 N–H and O–H groups in total. The van der Waals surface area contributed by atoms with Crippen molar-refractivity contribution in [2.24, 2.45) is 0 Å². The van der Waals surface area contributed by atoms with Gasteiger partial charge in [-0.25, -0.2) is 31.5 Å². The van der Waals surface area contributed by atoms with Crippen molar-refractivity contribution in [3.05, 3.63) is 71.5 Å². The Balaban J connectivity index is 1.79. The molecule has 0 amide bonds. The van der Waals surface area contributed by atoms with E-state index in [1.54, 1.807) is 25.1 Å². The third-order valence-corrected chi connectivity index (χ3v) is 6.95. The van der Waals surface area contributed by atoms with E-state index < -0.39 is 20.0 Å². The molecule has 0 radical (unpaired) electrons. The maximum Gasteiger partial charge on any atom is 0.264 e. The molecule has 0 unspecified atom stereocenters. The van der Waals surface area contributed by atoms with Gasteiger partial charge in [-0.3, -0.25) is 4.72 Å². The van der Waals surface area contributed by atoms with E-state index in [4.69, 9.17) is 0 Å². The lowest BCUT2D eigenvalue weighted by Gasteiger charge is -2.11. The van der Waals surface area contributed by atoms with Gasteiger partial charge in [-0.05, 0) is 74.4 Å². The number of aryl methyl sites for hydroxylation is 3. The van der Waals surface area contributed by atoms with Crippen LogP contribution in [0.15, 0.2) is 64.5 Å². The first kappa shape index (κ1) is 20.7. The number of aromatic nitrogens is 2. The fraction of sp³-hybridized carbons (Fsp3) is 0.158. The van der Waals surface area contributed by atoms with Crippen LogP contribution in [0.25, 0.3) is 0 Å². The third kappa shape index (κ3) is 4.90. The zero-order valence-corrected chi connectivity index (χ0v) is 17.7. The van der Waals surface area contributed by atoms with Gasteiger partial charge in [0.05, 0.1) is 9.79 Å². The van der Waals surface area contributed by atoms with E-state index >= 15 is 0 Å². The molecule has 1 aromatic heterocycles. The molecule has 0 aliphatic heterocycles. The number of benzene rings is 2. The maximum atomic E-state index is 12.6. The van der Waals surface area contributed by atoms with Gasteiger partial charge in [0.2, 0.25) is 5.95 Å². The van der Waals surface area contributed by atoms with Gasteiger partial charge in [0.25, 0.3) is 20.0 Å². The molecular weight excluding hydrogens is 412 g/mol. The highest BCUT2D eigenvalue weighted by Gasteiger charge is 2.18. The van der Waals surface area contributed by atoms with Gasteiger partial charge < -0.3 is 0 Å². The zero-order valence-electron chi connectivity index (χ0n) is 16.0. The molecule has 0 atom stereocenters. The topological polar surface area (TPSA) is 118 Å². The van der Waals surface area contributed by atoms with Crippen LogP contribution in [-0.4, -0.2) is 26.8 Å². The first-order valence-electron chi connectivity index (χ1n) is 8.59. The molecule has 0 aliphatic carbocycles. The summed E-state index contributed by atoms with van der Waals surface area (Å²) in [4.78, 5) is 7.96. The van der Waals surface area contributed by atoms with E-state index in [1.165, 1.54) is 36.5 Å². The summed E-state index contributed by atoms with van der Waals surface area (Å²) >= 11 is 0. The molecular formula is C19H20N4O4S2. The molecule has 2 aromatic carbocycles. The van der Waals surface area contributed by atoms with Gasteiger partial charge in [-0.1, -0.05) is 6.07 Å². The molecule has 3 rings (SSSR count). The maximum absolute atomic E-state index is 12.6. The highest BCUT2D eigenvalue weighted by molar-refractivity contribution is 7.93. The van der Waals surface area contributed by atoms with Crippen LogP contribution in [0.1, 0.15) is 16.8 Å². The summed E-state index contributed by atoms with van der Waals surface area (Å²) in [5.74, 6) is -0.0375. The van der Waals surface area contributed by atoms with E-state index in [0.29, 0.717) is 5.69 Å². The van der Waals surface area contributed by atoms with Crippen LogP contribution in [0, 0.1) is 20.8 Å². The van der Waals surface area contributed by atoms with Gasteiger partial charge in [0.15, 0.2) is 0 Å². The SMILES string of the molecule is Cc1ccnc(NS(=O)(=O)c2ccc(NS(=O)(=O)c3ccc(C)c(C)c3)cc2)n1. The Kier molecular flexibility index (Phi) is 5.58. The highest BCUT2D eigenvalue weighted by Crippen LogP contribution is 2.21. The molecule has 3 aromatic rings. The second-order valence-electron chi connectivity index (χ2n) is 6.50. The van der Waals surface area contributed by atoms with Crippen molar-refractivity contribution in [1.82, 2.24) is 9.97 Å². The Morgan fingerprint density at radius 3 is 1.97 bits per heavy atom. The second-order valence-corrected chi connectivity index (χ2v) is 9.87. The highest BCUT2D eigenvalue weighted by atomic mass is 32.2. The number of nitrogens with zero attached hydrogens (tertiary/aromatic N) is 2. The molecule has 0 saturated carbocycles. The summed E-state index contributed by atoms with van der Waals surface area (Å²) < 4.78 is 54.8. The predicted molar refractivity (Wildman–Crippen MR) is 111 cm³/mol. The third-order valence-electron chi connectivity index (χ3n) is 4.23. The van der Waals surface area contributed by atoms with Crippen molar-refractivity contribution in [2.45, 2.75) is 30.6 Å². The van der Waals surface area contributed by atoms with E-state index in [9.17, 15) is 16.8 Å². The Morgan fingerprint density at radius 2 is 1.34 bits per heavy atom. The van der Waals surface area contributed by atoms with Gasteiger partial charge in [-0.15, -0.1) is 0 Å². The number of sulfonamides is 2. The Labute approximate surface area is 170 Å². The van der Waals surface area contributed by atoms with Crippen LogP contribution in [0.4, 0.5) is 11.6 Å². The first-order chi connectivity index (χ1) is 13.6. The fourth-order valence-corrected chi connectivity index (χ4v) is 4.57. The predicted octanol–water partition coefficient (Wildman–Crippen LogP) is 3.00. The van der Waals surface area contributed by atoms with Crippen LogP contribution in [0.3, 0.4) is 0 Å². The lowest BCUT2D eigenvalue weighted by atomic mass is 10.1. The summed E-state index contributed by atoms with van der Waals surface area (Å²) in [6.45, 7) is 5.45. The molecule has 0 fully saturated rings. The normalized spacial score (nSPS) is 11.8.